The van der Waals surface area contributed by atoms with Crippen LogP contribution in [0, 0.1) is 17.2 Å². The van der Waals surface area contributed by atoms with Crippen LogP contribution in [0.25, 0.3) is 0 Å². The first-order valence-corrected chi connectivity index (χ1v) is 3.88. The van der Waals surface area contributed by atoms with Gasteiger partial charge in [-0.2, -0.15) is 0 Å². The minimum Gasteiger partial charge on any atom is -0.466 e. The van der Waals surface area contributed by atoms with Crippen molar-refractivity contribution in [1.29, 1.82) is 5.41 Å². The van der Waals surface area contributed by atoms with E-state index in [0.29, 0.717) is 12.3 Å². The number of hydrogen-bond donors (Lipinski definition) is 1. The van der Waals surface area contributed by atoms with Gasteiger partial charge in [0.05, 0.1) is 12.5 Å². The maximum absolute atomic E-state index is 11.0. The number of esters is 1. The Bertz CT molecular complexity index is 189. The number of carbonyl (C=O) groups excluding carboxylic acids is 1. The van der Waals surface area contributed by atoms with Crippen LogP contribution in [-0.2, 0) is 9.53 Å². The predicted octanol–water partition coefficient (Wildman–Crippen LogP) is 1.23. The first kappa shape index (κ1) is 8.24. The highest BCUT2D eigenvalue weighted by molar-refractivity contribution is 5.91. The van der Waals surface area contributed by atoms with E-state index in [-0.39, 0.29) is 17.8 Å². The van der Waals surface area contributed by atoms with Gasteiger partial charge in [0.15, 0.2) is 0 Å². The lowest BCUT2D eigenvalue weighted by atomic mass is 10.2. The number of carbonyl (C=O) groups is 1. The predicted molar refractivity (Wildman–Crippen MR) is 41.6 cm³/mol. The van der Waals surface area contributed by atoms with E-state index in [1.54, 1.807) is 13.8 Å². The second-order valence-electron chi connectivity index (χ2n) is 2.88. The molecule has 0 saturated heterocycles. The summed E-state index contributed by atoms with van der Waals surface area (Å²) in [5.41, 5.74) is 0.600. The number of nitrogens with one attached hydrogen (secondary N) is 1. The molecule has 0 aromatic heterocycles. The molecule has 3 nitrogen and oxygen atoms in total. The van der Waals surface area contributed by atoms with E-state index in [0.717, 1.165) is 6.42 Å². The fraction of sp³-hybridized carbons (Fsp3) is 0.750. The molecular weight excluding hydrogens is 142 g/mol. The molecule has 0 aromatic carbocycles. The van der Waals surface area contributed by atoms with E-state index in [9.17, 15) is 4.79 Å². The van der Waals surface area contributed by atoms with Crippen LogP contribution in [0.4, 0.5) is 0 Å². The van der Waals surface area contributed by atoms with Crippen LogP contribution < -0.4 is 0 Å². The summed E-state index contributed by atoms with van der Waals surface area (Å²) in [5, 5.41) is 7.26. The first-order chi connectivity index (χ1) is 5.16. The summed E-state index contributed by atoms with van der Waals surface area (Å²) >= 11 is 0. The van der Waals surface area contributed by atoms with Gasteiger partial charge in [0.2, 0.25) is 0 Å². The molecule has 0 aromatic rings. The molecule has 1 rings (SSSR count). The highest BCUT2D eigenvalue weighted by atomic mass is 16.5. The SMILES string of the molecule is CCOC(=O)C1CC1C(C)=N. The van der Waals surface area contributed by atoms with Crippen LogP contribution in [0.15, 0.2) is 0 Å². The lowest BCUT2D eigenvalue weighted by Gasteiger charge is -1.98. The molecule has 1 fully saturated rings. The molecule has 0 aliphatic heterocycles. The quantitative estimate of drug-likeness (QED) is 0.492. The second kappa shape index (κ2) is 3.03. The summed E-state index contributed by atoms with van der Waals surface area (Å²) < 4.78 is 4.81. The van der Waals surface area contributed by atoms with Gasteiger partial charge < -0.3 is 10.1 Å². The minimum atomic E-state index is -0.135. The standard InChI is InChI=1S/C8H13NO2/c1-3-11-8(10)7-4-6(7)5(2)9/h6-7,9H,3-4H2,1-2H3. The van der Waals surface area contributed by atoms with Crippen LogP contribution in [-0.4, -0.2) is 18.3 Å². The van der Waals surface area contributed by atoms with Crippen LogP contribution in [0.3, 0.4) is 0 Å². The van der Waals surface area contributed by atoms with Crippen LogP contribution in [0.5, 0.6) is 0 Å². The van der Waals surface area contributed by atoms with Crippen LogP contribution in [0.1, 0.15) is 20.3 Å². The lowest BCUT2D eigenvalue weighted by molar-refractivity contribution is -0.144. The fourth-order valence-electron chi connectivity index (χ4n) is 1.18. The molecule has 0 spiro atoms. The normalized spacial score (nSPS) is 27.8. The van der Waals surface area contributed by atoms with Crippen molar-refractivity contribution in [3.8, 4) is 0 Å². The summed E-state index contributed by atoms with van der Waals surface area (Å²) in [6.07, 6.45) is 0.814. The molecule has 1 aliphatic carbocycles. The van der Waals surface area contributed by atoms with Gasteiger partial charge >= 0.3 is 5.97 Å². The monoisotopic (exact) mass is 155 g/mol. The van der Waals surface area contributed by atoms with E-state index in [4.69, 9.17) is 10.1 Å². The van der Waals surface area contributed by atoms with Crippen molar-refractivity contribution in [1.82, 2.24) is 0 Å². The molecule has 2 atom stereocenters. The largest absolute Gasteiger partial charge is 0.466 e. The summed E-state index contributed by atoms with van der Waals surface area (Å²) in [7, 11) is 0. The highest BCUT2D eigenvalue weighted by Gasteiger charge is 2.45. The van der Waals surface area contributed by atoms with E-state index in [2.05, 4.69) is 0 Å². The average Bonchev–Trinajstić information content (AvgIpc) is 2.65. The average molecular weight is 155 g/mol. The Kier molecular flexibility index (Phi) is 2.27. The van der Waals surface area contributed by atoms with Crippen molar-refractivity contribution in [3.63, 3.8) is 0 Å². The molecule has 62 valence electrons. The Labute approximate surface area is 66.2 Å². The summed E-state index contributed by atoms with van der Waals surface area (Å²) in [4.78, 5) is 11.0. The highest BCUT2D eigenvalue weighted by Crippen LogP contribution is 2.40. The molecule has 1 aliphatic rings. The lowest BCUT2D eigenvalue weighted by Crippen LogP contribution is -2.09. The van der Waals surface area contributed by atoms with Crippen molar-refractivity contribution in [3.05, 3.63) is 0 Å². The molecule has 0 bridgehead atoms. The molecule has 1 saturated carbocycles. The molecule has 1 N–H and O–H groups in total. The topological polar surface area (TPSA) is 50.2 Å². The smallest absolute Gasteiger partial charge is 0.309 e. The molecular formula is C8H13NO2. The second-order valence-corrected chi connectivity index (χ2v) is 2.88. The Morgan fingerprint density at radius 2 is 2.27 bits per heavy atom. The van der Waals surface area contributed by atoms with Crippen molar-refractivity contribution < 1.29 is 9.53 Å². The van der Waals surface area contributed by atoms with E-state index in [1.807, 2.05) is 0 Å². The zero-order valence-corrected chi connectivity index (χ0v) is 6.89. The molecule has 2 unspecified atom stereocenters. The molecule has 0 amide bonds. The maximum atomic E-state index is 11.0. The Morgan fingerprint density at radius 3 is 2.64 bits per heavy atom. The van der Waals surface area contributed by atoms with Gasteiger partial charge in [-0.3, -0.25) is 4.79 Å². The first-order valence-electron chi connectivity index (χ1n) is 3.88. The summed E-state index contributed by atoms with van der Waals surface area (Å²) in [5.74, 6) is 0.0330. The fourth-order valence-corrected chi connectivity index (χ4v) is 1.18. The third kappa shape index (κ3) is 1.79. The van der Waals surface area contributed by atoms with Crippen molar-refractivity contribution in [2.45, 2.75) is 20.3 Å². The summed E-state index contributed by atoms with van der Waals surface area (Å²) in [6.45, 7) is 3.98. The van der Waals surface area contributed by atoms with Gasteiger partial charge in [-0.25, -0.2) is 0 Å². The minimum absolute atomic E-state index is 0.00699. The van der Waals surface area contributed by atoms with Gasteiger partial charge in [0, 0.05) is 11.6 Å². The van der Waals surface area contributed by atoms with Crippen LogP contribution >= 0.6 is 0 Å². The Balaban J connectivity index is 2.32. The Morgan fingerprint density at radius 1 is 1.64 bits per heavy atom. The molecule has 3 heteroatoms. The molecule has 0 radical (unpaired) electrons. The Hall–Kier alpha value is -0.860. The third-order valence-corrected chi connectivity index (χ3v) is 1.94. The zero-order chi connectivity index (χ0) is 8.43. The van der Waals surface area contributed by atoms with Crippen molar-refractivity contribution in [2.75, 3.05) is 6.61 Å². The summed E-state index contributed by atoms with van der Waals surface area (Å²) in [6, 6.07) is 0. The van der Waals surface area contributed by atoms with E-state index in [1.165, 1.54) is 0 Å². The number of hydrogen-bond acceptors (Lipinski definition) is 3. The van der Waals surface area contributed by atoms with Gasteiger partial charge in [0.25, 0.3) is 0 Å². The van der Waals surface area contributed by atoms with E-state index >= 15 is 0 Å². The molecule has 11 heavy (non-hydrogen) atoms. The van der Waals surface area contributed by atoms with E-state index < -0.39 is 0 Å². The van der Waals surface area contributed by atoms with Gasteiger partial charge in [-0.1, -0.05) is 0 Å². The molecule has 0 heterocycles. The number of ether oxygens (including phenoxy) is 1. The van der Waals surface area contributed by atoms with Crippen molar-refractivity contribution >= 4 is 11.7 Å². The maximum Gasteiger partial charge on any atom is 0.309 e. The van der Waals surface area contributed by atoms with Crippen molar-refractivity contribution in [2.24, 2.45) is 11.8 Å². The van der Waals surface area contributed by atoms with Gasteiger partial charge in [0.1, 0.15) is 0 Å². The van der Waals surface area contributed by atoms with Crippen LogP contribution in [0.2, 0.25) is 0 Å². The third-order valence-electron chi connectivity index (χ3n) is 1.94. The van der Waals surface area contributed by atoms with Gasteiger partial charge in [-0.15, -0.1) is 0 Å². The zero-order valence-electron chi connectivity index (χ0n) is 6.89. The van der Waals surface area contributed by atoms with Gasteiger partial charge in [-0.05, 0) is 20.3 Å². The number of rotatable bonds is 3.